The van der Waals surface area contributed by atoms with E-state index in [9.17, 15) is 15.4 Å². The molecule has 0 fully saturated rings. The molecule has 0 aliphatic heterocycles. The normalized spacial score (nSPS) is 11.6. The molecule has 0 aliphatic rings. The van der Waals surface area contributed by atoms with E-state index in [4.69, 9.17) is 4.42 Å². The Bertz CT molecular complexity index is 1380. The quantitative estimate of drug-likeness (QED) is 0.250. The summed E-state index contributed by atoms with van der Waals surface area (Å²) < 4.78 is 5.85. The molecule has 154 valence electrons. The fourth-order valence-corrected chi connectivity index (χ4v) is 3.42. The zero-order valence-corrected chi connectivity index (χ0v) is 17.6. The van der Waals surface area contributed by atoms with Gasteiger partial charge in [-0.15, -0.1) is 0 Å². The number of furan rings is 1. The molecule has 31 heavy (non-hydrogen) atoms. The first-order valence-corrected chi connectivity index (χ1v) is 9.72. The van der Waals surface area contributed by atoms with E-state index < -0.39 is 4.92 Å². The Hall–Kier alpha value is -4.18. The molecule has 0 spiro atoms. The lowest BCUT2D eigenvalue weighted by atomic mass is 10.0. The lowest BCUT2D eigenvalue weighted by Gasteiger charge is -2.04. The first kappa shape index (κ1) is 20.1. The molecule has 0 atom stereocenters. The Balaban J connectivity index is 1.75. The number of aromatic nitrogens is 2. The first-order chi connectivity index (χ1) is 14.8. The van der Waals surface area contributed by atoms with Crippen LogP contribution in [0.4, 0.5) is 5.69 Å². The molecule has 2 heterocycles. The monoisotopic (exact) mass is 412 g/mol. The van der Waals surface area contributed by atoms with Crippen molar-refractivity contribution in [2.75, 3.05) is 0 Å². The Kier molecular flexibility index (Phi) is 4.91. The van der Waals surface area contributed by atoms with E-state index in [0.29, 0.717) is 28.5 Å². The molecule has 0 aliphatic carbocycles. The highest BCUT2D eigenvalue weighted by Gasteiger charge is 2.20. The molecular formula is C24H20N4O3. The van der Waals surface area contributed by atoms with Crippen molar-refractivity contribution in [3.63, 3.8) is 0 Å². The average Bonchev–Trinajstić information content (AvgIpc) is 3.35. The fraction of sp³-hybridized carbons (Fsp3) is 0.167. The van der Waals surface area contributed by atoms with Gasteiger partial charge in [-0.1, -0.05) is 0 Å². The van der Waals surface area contributed by atoms with Crippen molar-refractivity contribution in [2.45, 2.75) is 27.7 Å². The highest BCUT2D eigenvalue weighted by molar-refractivity contribution is 5.90. The Morgan fingerprint density at radius 3 is 2.48 bits per heavy atom. The summed E-state index contributed by atoms with van der Waals surface area (Å²) in [6.45, 7) is 7.76. The average molecular weight is 412 g/mol. The van der Waals surface area contributed by atoms with E-state index in [-0.39, 0.29) is 5.69 Å². The van der Waals surface area contributed by atoms with Crippen LogP contribution in [0.5, 0.6) is 0 Å². The van der Waals surface area contributed by atoms with Crippen LogP contribution in [0.1, 0.15) is 33.8 Å². The lowest BCUT2D eigenvalue weighted by molar-refractivity contribution is -0.384. The SMILES string of the molecule is Cc1cc(-c2ccc(C=C(C#N)c3nc4cc(C)c(C)cc4[nH]3)o2)c([N+](=O)[O-])cc1C. The molecule has 7 heteroatoms. The van der Waals surface area contributed by atoms with Gasteiger partial charge >= 0.3 is 0 Å². The lowest BCUT2D eigenvalue weighted by Crippen LogP contribution is -1.94. The van der Waals surface area contributed by atoms with Gasteiger partial charge in [0.05, 0.1) is 27.1 Å². The molecule has 1 N–H and O–H groups in total. The van der Waals surface area contributed by atoms with Gasteiger partial charge in [0.15, 0.2) is 0 Å². The number of imidazole rings is 1. The molecule has 2 aromatic heterocycles. The van der Waals surface area contributed by atoms with Gasteiger partial charge in [-0.25, -0.2) is 4.98 Å². The van der Waals surface area contributed by atoms with Crippen LogP contribution in [0.3, 0.4) is 0 Å². The smallest absolute Gasteiger partial charge is 0.280 e. The summed E-state index contributed by atoms with van der Waals surface area (Å²) in [7, 11) is 0. The van der Waals surface area contributed by atoms with E-state index in [1.807, 2.05) is 39.8 Å². The summed E-state index contributed by atoms with van der Waals surface area (Å²) in [4.78, 5) is 18.8. The summed E-state index contributed by atoms with van der Waals surface area (Å²) in [5, 5.41) is 21.2. The molecule has 0 radical (unpaired) electrons. The highest BCUT2D eigenvalue weighted by atomic mass is 16.6. The number of nitrogens with zero attached hydrogens (tertiary/aromatic N) is 3. The molecule has 7 nitrogen and oxygen atoms in total. The van der Waals surface area contributed by atoms with Crippen molar-refractivity contribution >= 4 is 28.4 Å². The van der Waals surface area contributed by atoms with Gasteiger partial charge in [0.2, 0.25) is 0 Å². The summed E-state index contributed by atoms with van der Waals surface area (Å²) in [6, 6.07) is 12.8. The minimum absolute atomic E-state index is 0.0171. The van der Waals surface area contributed by atoms with Gasteiger partial charge in [0, 0.05) is 12.1 Å². The maximum atomic E-state index is 11.5. The summed E-state index contributed by atoms with van der Waals surface area (Å²) in [5.74, 6) is 1.22. The molecule has 4 rings (SSSR count). The number of nitrogens with one attached hydrogen (secondary N) is 1. The maximum absolute atomic E-state index is 11.5. The number of rotatable bonds is 4. The molecule has 2 aromatic carbocycles. The predicted molar refractivity (Wildman–Crippen MR) is 119 cm³/mol. The molecule has 0 saturated carbocycles. The number of fused-ring (bicyclic) bond motifs is 1. The van der Waals surface area contributed by atoms with Crippen LogP contribution in [0, 0.1) is 49.1 Å². The van der Waals surface area contributed by atoms with E-state index >= 15 is 0 Å². The zero-order valence-electron chi connectivity index (χ0n) is 17.6. The third kappa shape index (κ3) is 3.71. The predicted octanol–water partition coefficient (Wildman–Crippen LogP) is 6.03. The zero-order chi connectivity index (χ0) is 22.3. The van der Waals surface area contributed by atoms with Gasteiger partial charge in [-0.3, -0.25) is 10.1 Å². The van der Waals surface area contributed by atoms with Crippen LogP contribution in [-0.4, -0.2) is 14.9 Å². The maximum Gasteiger partial charge on any atom is 0.280 e. The van der Waals surface area contributed by atoms with Crippen LogP contribution >= 0.6 is 0 Å². The van der Waals surface area contributed by atoms with Crippen molar-refractivity contribution in [1.82, 2.24) is 9.97 Å². The van der Waals surface area contributed by atoms with Crippen LogP contribution < -0.4 is 0 Å². The highest BCUT2D eigenvalue weighted by Crippen LogP contribution is 2.34. The number of nitriles is 1. The van der Waals surface area contributed by atoms with E-state index in [1.54, 1.807) is 30.3 Å². The second-order valence-electron chi connectivity index (χ2n) is 7.62. The molecule has 0 saturated heterocycles. The number of nitro benzene ring substituents is 1. The van der Waals surface area contributed by atoms with Gasteiger partial charge in [-0.2, -0.15) is 5.26 Å². The number of nitro groups is 1. The van der Waals surface area contributed by atoms with Crippen molar-refractivity contribution < 1.29 is 9.34 Å². The third-order valence-electron chi connectivity index (χ3n) is 5.46. The van der Waals surface area contributed by atoms with Gasteiger partial charge in [-0.05, 0) is 80.3 Å². The second-order valence-corrected chi connectivity index (χ2v) is 7.62. The Morgan fingerprint density at radius 1 is 1.10 bits per heavy atom. The van der Waals surface area contributed by atoms with Crippen molar-refractivity contribution in [2.24, 2.45) is 0 Å². The van der Waals surface area contributed by atoms with E-state index in [2.05, 4.69) is 16.0 Å². The number of hydrogen-bond donors (Lipinski definition) is 1. The van der Waals surface area contributed by atoms with Gasteiger partial charge < -0.3 is 9.40 Å². The standard InChI is InChI=1S/C24H20N4O3/c1-13-7-19(22(28(29)30)10-16(13)4)23-6-5-18(31-23)11-17(12-25)24-26-20-8-14(2)15(3)9-21(20)27-24/h5-11H,1-4H3,(H,26,27). The van der Waals surface area contributed by atoms with Crippen molar-refractivity contribution in [3.8, 4) is 17.4 Å². The van der Waals surface area contributed by atoms with Crippen molar-refractivity contribution in [1.29, 1.82) is 5.26 Å². The van der Waals surface area contributed by atoms with E-state index in [1.165, 1.54) is 0 Å². The van der Waals surface area contributed by atoms with Crippen LogP contribution in [0.15, 0.2) is 40.8 Å². The topological polar surface area (TPSA) is 109 Å². The molecule has 4 aromatic rings. The third-order valence-corrected chi connectivity index (χ3v) is 5.46. The summed E-state index contributed by atoms with van der Waals surface area (Å²) in [6.07, 6.45) is 1.58. The molecular weight excluding hydrogens is 392 g/mol. The van der Waals surface area contributed by atoms with E-state index in [0.717, 1.165) is 33.3 Å². The second kappa shape index (κ2) is 7.58. The minimum atomic E-state index is -0.418. The van der Waals surface area contributed by atoms with Gasteiger partial charge in [0.25, 0.3) is 5.69 Å². The Labute approximate surface area is 178 Å². The summed E-state index contributed by atoms with van der Waals surface area (Å²) in [5.41, 5.74) is 6.35. The molecule has 0 bridgehead atoms. The number of hydrogen-bond acceptors (Lipinski definition) is 5. The number of aryl methyl sites for hydroxylation is 4. The minimum Gasteiger partial charge on any atom is -0.456 e. The number of allylic oxidation sites excluding steroid dienone is 1. The largest absolute Gasteiger partial charge is 0.456 e. The van der Waals surface area contributed by atoms with Crippen LogP contribution in [-0.2, 0) is 0 Å². The Morgan fingerprint density at radius 2 is 1.77 bits per heavy atom. The molecule has 0 amide bonds. The number of H-pyrrole nitrogens is 1. The van der Waals surface area contributed by atoms with Gasteiger partial charge in [0.1, 0.15) is 23.4 Å². The fourth-order valence-electron chi connectivity index (χ4n) is 3.42. The first-order valence-electron chi connectivity index (χ1n) is 9.72. The van der Waals surface area contributed by atoms with Crippen LogP contribution in [0.2, 0.25) is 0 Å². The number of aromatic amines is 1. The van der Waals surface area contributed by atoms with Crippen molar-refractivity contribution in [3.05, 3.63) is 80.4 Å². The van der Waals surface area contributed by atoms with Crippen LogP contribution in [0.25, 0.3) is 34.0 Å². The summed E-state index contributed by atoms with van der Waals surface area (Å²) >= 11 is 0. The number of benzene rings is 2. The molecule has 0 unspecified atom stereocenters.